The smallest absolute Gasteiger partial charge is 0.326 e. The molecule has 0 bridgehead atoms. The topological polar surface area (TPSA) is 65.5 Å². The molecule has 0 fully saturated rings. The molecule has 2 rings (SSSR count). The highest BCUT2D eigenvalue weighted by Gasteiger charge is 2.13. The van der Waals surface area contributed by atoms with Crippen molar-refractivity contribution in [1.29, 1.82) is 0 Å². The Hall–Kier alpha value is -1.15. The van der Waals surface area contributed by atoms with Crippen LogP contribution in [0.2, 0.25) is 0 Å². The van der Waals surface area contributed by atoms with Gasteiger partial charge >= 0.3 is 6.03 Å². The highest BCUT2D eigenvalue weighted by atomic mass is 79.9. The average Bonchev–Trinajstić information content (AvgIpc) is 2.62. The number of hydrogen-bond donors (Lipinski definition) is 3. The van der Waals surface area contributed by atoms with Gasteiger partial charge in [-0.2, -0.15) is 0 Å². The number of carbonyl (C=O) groups excluding carboxylic acids is 1. The van der Waals surface area contributed by atoms with E-state index in [1.165, 1.54) is 12.1 Å². The summed E-state index contributed by atoms with van der Waals surface area (Å²) < 4.78 is 14.1. The number of anilines is 1. The summed E-state index contributed by atoms with van der Waals surface area (Å²) in [5.74, 6) is 0.0545. The van der Waals surface area contributed by atoms with E-state index in [4.69, 9.17) is 0 Å². The summed E-state index contributed by atoms with van der Waals surface area (Å²) in [6, 6.07) is 2.12. The van der Waals surface area contributed by atoms with Crippen LogP contribution in [0.15, 0.2) is 26.1 Å². The number of hydrogen-bond acceptors (Lipinski definition) is 3. The fourth-order valence-electron chi connectivity index (χ4n) is 1.69. The van der Waals surface area contributed by atoms with E-state index in [1.54, 1.807) is 0 Å². The third-order valence-electron chi connectivity index (χ3n) is 2.62. The lowest BCUT2D eigenvalue weighted by Crippen LogP contribution is -2.43. The maximum atomic E-state index is 13.1. The summed E-state index contributed by atoms with van der Waals surface area (Å²) in [7, 11) is 0. The number of halogens is 3. The van der Waals surface area contributed by atoms with Crippen LogP contribution in [0.1, 0.15) is 12.8 Å². The zero-order valence-corrected chi connectivity index (χ0v) is 13.6. The highest BCUT2D eigenvalue weighted by Crippen LogP contribution is 2.31. The maximum Gasteiger partial charge on any atom is 0.326 e. The Bertz CT molecular complexity index is 527. The van der Waals surface area contributed by atoms with Crippen LogP contribution in [0.4, 0.5) is 14.9 Å². The number of rotatable bonds is 1. The van der Waals surface area contributed by atoms with Crippen molar-refractivity contribution in [2.45, 2.75) is 12.8 Å². The molecule has 0 unspecified atom stereocenters. The second-order valence-electron chi connectivity index (χ2n) is 4.19. The number of nitrogens with zero attached hydrogens (tertiary/aromatic N) is 1. The summed E-state index contributed by atoms with van der Waals surface area (Å²) in [4.78, 5) is 16.1. The van der Waals surface area contributed by atoms with Crippen LogP contribution in [0.25, 0.3) is 0 Å². The normalized spacial score (nSPS) is 14.8. The van der Waals surface area contributed by atoms with Gasteiger partial charge in [-0.3, -0.25) is 10.3 Å². The lowest BCUT2D eigenvalue weighted by molar-refractivity contribution is 0.256. The molecule has 0 spiro atoms. The number of urea groups is 1. The van der Waals surface area contributed by atoms with Crippen molar-refractivity contribution in [2.75, 3.05) is 18.4 Å². The van der Waals surface area contributed by atoms with Crippen molar-refractivity contribution in [3.63, 3.8) is 0 Å². The van der Waals surface area contributed by atoms with Gasteiger partial charge in [-0.25, -0.2) is 9.18 Å². The van der Waals surface area contributed by atoms with Crippen molar-refractivity contribution in [1.82, 2.24) is 10.6 Å². The largest absolute Gasteiger partial charge is 0.356 e. The first kappa shape index (κ1) is 15.2. The van der Waals surface area contributed by atoms with Crippen molar-refractivity contribution < 1.29 is 9.18 Å². The second kappa shape index (κ2) is 7.03. The highest BCUT2D eigenvalue weighted by molar-refractivity contribution is 9.11. The summed E-state index contributed by atoms with van der Waals surface area (Å²) in [5, 5.41) is 8.30. The van der Waals surface area contributed by atoms with E-state index in [0.29, 0.717) is 27.1 Å². The van der Waals surface area contributed by atoms with Crippen LogP contribution in [-0.4, -0.2) is 25.1 Å². The Kier molecular flexibility index (Phi) is 5.36. The van der Waals surface area contributed by atoms with Crippen LogP contribution < -0.4 is 16.0 Å². The van der Waals surface area contributed by atoms with Gasteiger partial charge in [0.05, 0.1) is 5.69 Å². The molecule has 3 N–H and O–H groups in total. The molecular formula is C12H13Br2FN4O. The molecule has 108 valence electrons. The Morgan fingerprint density at radius 3 is 2.65 bits per heavy atom. The monoisotopic (exact) mass is 406 g/mol. The number of guanidine groups is 1. The van der Waals surface area contributed by atoms with E-state index in [1.807, 2.05) is 0 Å². The predicted octanol–water partition coefficient (Wildman–Crippen LogP) is 3.21. The van der Waals surface area contributed by atoms with Crippen LogP contribution in [0.5, 0.6) is 0 Å². The SMILES string of the molecule is O=C(NC1=NCCCCN1)Nc1c(Br)cc(F)cc1Br. The molecule has 5 nitrogen and oxygen atoms in total. The summed E-state index contributed by atoms with van der Waals surface area (Å²) >= 11 is 6.41. The first-order valence-corrected chi connectivity index (χ1v) is 7.66. The molecule has 1 aromatic carbocycles. The van der Waals surface area contributed by atoms with Crippen LogP contribution in [0, 0.1) is 5.82 Å². The van der Waals surface area contributed by atoms with Gasteiger partial charge in [-0.05, 0) is 56.8 Å². The number of nitrogens with one attached hydrogen (secondary N) is 3. The fraction of sp³-hybridized carbons (Fsp3) is 0.333. The number of benzene rings is 1. The maximum absolute atomic E-state index is 13.1. The minimum absolute atomic E-state index is 0.399. The van der Waals surface area contributed by atoms with E-state index >= 15 is 0 Å². The van der Waals surface area contributed by atoms with E-state index < -0.39 is 11.8 Å². The summed E-state index contributed by atoms with van der Waals surface area (Å²) in [5.41, 5.74) is 0.457. The molecule has 2 amide bonds. The fourth-order valence-corrected chi connectivity index (χ4v) is 3.02. The van der Waals surface area contributed by atoms with E-state index in [-0.39, 0.29) is 0 Å². The zero-order valence-electron chi connectivity index (χ0n) is 10.5. The van der Waals surface area contributed by atoms with Gasteiger partial charge in [-0.15, -0.1) is 0 Å². The van der Waals surface area contributed by atoms with Gasteiger partial charge in [-0.1, -0.05) is 0 Å². The molecule has 0 radical (unpaired) electrons. The van der Waals surface area contributed by atoms with E-state index in [9.17, 15) is 9.18 Å². The minimum atomic E-state index is -0.439. The molecule has 8 heteroatoms. The van der Waals surface area contributed by atoms with Crippen LogP contribution in [0.3, 0.4) is 0 Å². The molecule has 1 aliphatic rings. The van der Waals surface area contributed by atoms with Gasteiger partial charge in [0.1, 0.15) is 5.82 Å². The molecule has 0 saturated carbocycles. The van der Waals surface area contributed by atoms with E-state index in [0.717, 1.165) is 19.4 Å². The Labute approximate surface area is 132 Å². The lowest BCUT2D eigenvalue weighted by Gasteiger charge is -2.12. The van der Waals surface area contributed by atoms with Gasteiger partial charge in [0.2, 0.25) is 0 Å². The van der Waals surface area contributed by atoms with Gasteiger partial charge < -0.3 is 10.6 Å². The number of aliphatic imine (C=N–C) groups is 1. The van der Waals surface area contributed by atoms with Crippen molar-refractivity contribution in [2.24, 2.45) is 4.99 Å². The molecular weight excluding hydrogens is 395 g/mol. The third kappa shape index (κ3) is 4.17. The molecule has 1 aliphatic heterocycles. The third-order valence-corrected chi connectivity index (χ3v) is 3.88. The molecule has 1 aromatic rings. The molecule has 0 aliphatic carbocycles. The quantitative estimate of drug-likeness (QED) is 0.669. The van der Waals surface area contributed by atoms with Gasteiger partial charge in [0, 0.05) is 22.0 Å². The first-order valence-electron chi connectivity index (χ1n) is 6.07. The summed E-state index contributed by atoms with van der Waals surface area (Å²) in [6.45, 7) is 1.47. The molecule has 0 saturated heterocycles. The van der Waals surface area contributed by atoms with E-state index in [2.05, 4.69) is 52.8 Å². The molecule has 0 aromatic heterocycles. The van der Waals surface area contributed by atoms with Crippen molar-refractivity contribution in [3.05, 3.63) is 26.9 Å². The Morgan fingerprint density at radius 2 is 1.95 bits per heavy atom. The average molecular weight is 408 g/mol. The Morgan fingerprint density at radius 1 is 1.25 bits per heavy atom. The summed E-state index contributed by atoms with van der Waals surface area (Å²) in [6.07, 6.45) is 2.01. The van der Waals surface area contributed by atoms with Crippen molar-refractivity contribution >= 4 is 49.5 Å². The molecule has 1 heterocycles. The zero-order chi connectivity index (χ0) is 14.5. The van der Waals surface area contributed by atoms with Crippen LogP contribution in [-0.2, 0) is 0 Å². The van der Waals surface area contributed by atoms with Gasteiger partial charge in [0.15, 0.2) is 5.96 Å². The molecule has 20 heavy (non-hydrogen) atoms. The second-order valence-corrected chi connectivity index (χ2v) is 5.90. The number of amides is 2. The predicted molar refractivity (Wildman–Crippen MR) is 83.5 cm³/mol. The first-order chi connectivity index (χ1) is 9.56. The minimum Gasteiger partial charge on any atom is -0.356 e. The standard InChI is InChI=1S/C12H13Br2FN4O/c13-8-5-7(15)6-9(14)10(8)18-12(20)19-11-16-3-1-2-4-17-11/h5-6H,1-4H2,(H3,16,17,18,19,20). The van der Waals surface area contributed by atoms with Crippen LogP contribution >= 0.6 is 31.9 Å². The lowest BCUT2D eigenvalue weighted by atomic mass is 10.3. The van der Waals surface area contributed by atoms with Crippen molar-refractivity contribution in [3.8, 4) is 0 Å². The van der Waals surface area contributed by atoms with Gasteiger partial charge in [0.25, 0.3) is 0 Å². The Balaban J connectivity index is 2.03. The number of carbonyl (C=O) groups is 1. The molecule has 0 atom stereocenters.